The summed E-state index contributed by atoms with van der Waals surface area (Å²) >= 11 is 0. The Kier molecular flexibility index (Phi) is 3.96. The molecule has 0 aliphatic rings. The van der Waals surface area contributed by atoms with Crippen molar-refractivity contribution in [2.75, 3.05) is 7.11 Å². The van der Waals surface area contributed by atoms with E-state index in [0.717, 1.165) is 5.56 Å². The van der Waals surface area contributed by atoms with Gasteiger partial charge < -0.3 is 4.74 Å². The van der Waals surface area contributed by atoms with Crippen molar-refractivity contribution in [1.82, 2.24) is 10.3 Å². The van der Waals surface area contributed by atoms with E-state index in [2.05, 4.69) is 10.3 Å². The van der Waals surface area contributed by atoms with Gasteiger partial charge in [-0.25, -0.2) is 4.63 Å². The third kappa shape index (κ3) is 2.88. The van der Waals surface area contributed by atoms with Gasteiger partial charge in [-0.1, -0.05) is 47.6 Å². The van der Waals surface area contributed by atoms with E-state index < -0.39 is 0 Å². The zero-order valence-electron chi connectivity index (χ0n) is 12.0. The molecule has 0 saturated heterocycles. The molecule has 0 fully saturated rings. The van der Waals surface area contributed by atoms with Crippen molar-refractivity contribution in [3.8, 4) is 17.0 Å². The number of rotatable bonds is 5. The van der Waals surface area contributed by atoms with Gasteiger partial charge in [-0.3, -0.25) is 4.79 Å². The van der Waals surface area contributed by atoms with Gasteiger partial charge in [0.1, 0.15) is 17.1 Å². The summed E-state index contributed by atoms with van der Waals surface area (Å²) in [6.07, 6.45) is 0.139. The summed E-state index contributed by atoms with van der Waals surface area (Å²) in [7, 11) is 1.60. The SMILES string of the molecule is COc1cccc(-c2nonc2CC(=O)c2ccccc2)c1. The van der Waals surface area contributed by atoms with Crippen LogP contribution in [0.4, 0.5) is 0 Å². The molecule has 5 heteroatoms. The molecular formula is C17H14N2O3. The molecule has 0 N–H and O–H groups in total. The Labute approximate surface area is 127 Å². The Balaban J connectivity index is 1.87. The lowest BCUT2D eigenvalue weighted by Crippen LogP contribution is -2.04. The highest BCUT2D eigenvalue weighted by molar-refractivity contribution is 5.97. The minimum Gasteiger partial charge on any atom is -0.497 e. The molecule has 0 aliphatic carbocycles. The first kappa shape index (κ1) is 14.0. The van der Waals surface area contributed by atoms with Gasteiger partial charge >= 0.3 is 0 Å². The van der Waals surface area contributed by atoms with Crippen molar-refractivity contribution in [1.29, 1.82) is 0 Å². The maximum Gasteiger partial charge on any atom is 0.169 e. The number of hydrogen-bond acceptors (Lipinski definition) is 5. The molecule has 0 spiro atoms. The molecule has 0 aliphatic heterocycles. The fourth-order valence-corrected chi connectivity index (χ4v) is 2.19. The highest BCUT2D eigenvalue weighted by atomic mass is 16.6. The highest BCUT2D eigenvalue weighted by Gasteiger charge is 2.17. The van der Waals surface area contributed by atoms with Gasteiger partial charge in [-0.15, -0.1) is 0 Å². The topological polar surface area (TPSA) is 65.2 Å². The number of benzene rings is 2. The molecule has 0 amide bonds. The van der Waals surface area contributed by atoms with Crippen molar-refractivity contribution >= 4 is 5.78 Å². The van der Waals surface area contributed by atoms with Crippen molar-refractivity contribution in [3.63, 3.8) is 0 Å². The van der Waals surface area contributed by atoms with Crippen molar-refractivity contribution < 1.29 is 14.2 Å². The average molecular weight is 294 g/mol. The second-order valence-electron chi connectivity index (χ2n) is 4.76. The van der Waals surface area contributed by atoms with Gasteiger partial charge in [-0.05, 0) is 17.3 Å². The van der Waals surface area contributed by atoms with Crippen LogP contribution in [0.3, 0.4) is 0 Å². The van der Waals surface area contributed by atoms with E-state index in [1.165, 1.54) is 0 Å². The molecule has 2 aromatic carbocycles. The number of ketones is 1. The standard InChI is InChI=1S/C17H14N2O3/c1-21-14-9-5-8-13(10-14)17-15(18-22-19-17)11-16(20)12-6-3-2-4-7-12/h2-10H,11H2,1H3. The largest absolute Gasteiger partial charge is 0.497 e. The smallest absolute Gasteiger partial charge is 0.169 e. The van der Waals surface area contributed by atoms with Gasteiger partial charge in [0.25, 0.3) is 0 Å². The molecule has 3 aromatic rings. The number of aromatic nitrogens is 2. The molecule has 0 unspecified atom stereocenters. The third-order valence-electron chi connectivity index (χ3n) is 3.32. The van der Waals surface area contributed by atoms with Crippen LogP contribution in [0, 0.1) is 0 Å². The second-order valence-corrected chi connectivity index (χ2v) is 4.76. The van der Waals surface area contributed by atoms with E-state index in [-0.39, 0.29) is 12.2 Å². The predicted octanol–water partition coefficient (Wildman–Crippen LogP) is 3.17. The first-order valence-corrected chi connectivity index (χ1v) is 6.82. The molecule has 22 heavy (non-hydrogen) atoms. The predicted molar refractivity (Wildman–Crippen MR) is 80.8 cm³/mol. The molecule has 0 saturated carbocycles. The average Bonchev–Trinajstić information content (AvgIpc) is 3.04. The van der Waals surface area contributed by atoms with Crippen LogP contribution in [-0.4, -0.2) is 23.2 Å². The minimum absolute atomic E-state index is 0.0274. The summed E-state index contributed by atoms with van der Waals surface area (Å²) in [6, 6.07) is 16.5. The number of Topliss-reactive ketones (excluding diaryl/α,β-unsaturated/α-hetero) is 1. The first-order valence-electron chi connectivity index (χ1n) is 6.82. The molecule has 0 atom stereocenters. The molecule has 0 bridgehead atoms. The molecule has 0 radical (unpaired) electrons. The van der Waals surface area contributed by atoms with Crippen LogP contribution in [0.2, 0.25) is 0 Å². The van der Waals surface area contributed by atoms with E-state index in [4.69, 9.17) is 9.37 Å². The van der Waals surface area contributed by atoms with E-state index in [1.807, 2.05) is 42.5 Å². The maximum atomic E-state index is 12.3. The summed E-state index contributed by atoms with van der Waals surface area (Å²) < 4.78 is 10.0. The van der Waals surface area contributed by atoms with Crippen LogP contribution in [0.1, 0.15) is 16.1 Å². The number of ether oxygens (including phenoxy) is 1. The van der Waals surface area contributed by atoms with Crippen LogP contribution in [-0.2, 0) is 6.42 Å². The van der Waals surface area contributed by atoms with E-state index in [0.29, 0.717) is 22.7 Å². The van der Waals surface area contributed by atoms with Crippen molar-refractivity contribution in [3.05, 3.63) is 65.9 Å². The number of nitrogens with zero attached hydrogens (tertiary/aromatic N) is 2. The zero-order valence-corrected chi connectivity index (χ0v) is 12.0. The third-order valence-corrected chi connectivity index (χ3v) is 3.32. The van der Waals surface area contributed by atoms with Gasteiger partial charge in [-0.2, -0.15) is 0 Å². The van der Waals surface area contributed by atoms with Gasteiger partial charge in [0, 0.05) is 11.1 Å². The lowest BCUT2D eigenvalue weighted by molar-refractivity contribution is 0.0990. The lowest BCUT2D eigenvalue weighted by Gasteiger charge is -2.03. The summed E-state index contributed by atoms with van der Waals surface area (Å²) in [6.45, 7) is 0. The van der Waals surface area contributed by atoms with Crippen LogP contribution >= 0.6 is 0 Å². The fraction of sp³-hybridized carbons (Fsp3) is 0.118. The van der Waals surface area contributed by atoms with E-state index in [9.17, 15) is 4.79 Å². The number of carbonyl (C=O) groups is 1. The van der Waals surface area contributed by atoms with Crippen LogP contribution < -0.4 is 4.74 Å². The van der Waals surface area contributed by atoms with Crippen LogP contribution in [0.25, 0.3) is 11.3 Å². The first-order chi connectivity index (χ1) is 10.8. The molecule has 5 nitrogen and oxygen atoms in total. The second kappa shape index (κ2) is 6.22. The van der Waals surface area contributed by atoms with Gasteiger partial charge in [0.05, 0.1) is 13.5 Å². The molecule has 1 aromatic heterocycles. The molecule has 1 heterocycles. The van der Waals surface area contributed by atoms with Crippen LogP contribution in [0.15, 0.2) is 59.2 Å². The summed E-state index contributed by atoms with van der Waals surface area (Å²) in [4.78, 5) is 12.3. The Hall–Kier alpha value is -2.95. The van der Waals surface area contributed by atoms with Crippen LogP contribution in [0.5, 0.6) is 5.75 Å². The summed E-state index contributed by atoms with van der Waals surface area (Å²) in [5.41, 5.74) is 2.52. The Morgan fingerprint density at radius 3 is 2.68 bits per heavy atom. The minimum atomic E-state index is -0.0274. The molecule has 3 rings (SSSR count). The monoisotopic (exact) mass is 294 g/mol. The van der Waals surface area contributed by atoms with Gasteiger partial charge in [0.2, 0.25) is 0 Å². The highest BCUT2D eigenvalue weighted by Crippen LogP contribution is 2.25. The van der Waals surface area contributed by atoms with Gasteiger partial charge in [0.15, 0.2) is 5.78 Å². The van der Waals surface area contributed by atoms with E-state index in [1.54, 1.807) is 19.2 Å². The maximum absolute atomic E-state index is 12.3. The Morgan fingerprint density at radius 2 is 1.91 bits per heavy atom. The number of methoxy groups -OCH3 is 1. The van der Waals surface area contributed by atoms with E-state index >= 15 is 0 Å². The number of carbonyl (C=O) groups excluding carboxylic acids is 1. The fourth-order valence-electron chi connectivity index (χ4n) is 2.19. The Bertz CT molecular complexity index is 781. The lowest BCUT2D eigenvalue weighted by atomic mass is 10.0. The zero-order chi connectivity index (χ0) is 15.4. The quantitative estimate of drug-likeness (QED) is 0.676. The molecule has 110 valence electrons. The Morgan fingerprint density at radius 1 is 1.09 bits per heavy atom. The van der Waals surface area contributed by atoms with Crippen molar-refractivity contribution in [2.45, 2.75) is 6.42 Å². The molecular weight excluding hydrogens is 280 g/mol. The number of hydrogen-bond donors (Lipinski definition) is 0. The normalized spacial score (nSPS) is 10.4. The van der Waals surface area contributed by atoms with Crippen molar-refractivity contribution in [2.24, 2.45) is 0 Å². The summed E-state index contributed by atoms with van der Waals surface area (Å²) in [5.74, 6) is 0.682. The summed E-state index contributed by atoms with van der Waals surface area (Å²) in [5, 5.41) is 7.78.